The van der Waals surface area contributed by atoms with Crippen molar-refractivity contribution in [3.8, 4) is 6.07 Å². The molecule has 2 rings (SSSR count). The van der Waals surface area contributed by atoms with Crippen LogP contribution < -0.4 is 5.32 Å². The van der Waals surface area contributed by atoms with E-state index in [1.54, 1.807) is 43.0 Å². The summed E-state index contributed by atoms with van der Waals surface area (Å²) in [7, 11) is 1.74. The quantitative estimate of drug-likeness (QED) is 0.915. The average Bonchev–Trinajstić information content (AvgIpc) is 2.69. The van der Waals surface area contributed by atoms with Crippen LogP contribution in [0.2, 0.25) is 5.02 Å². The maximum atomic E-state index is 12.1. The van der Waals surface area contributed by atoms with E-state index in [0.717, 1.165) is 0 Å². The highest BCUT2D eigenvalue weighted by atomic mass is 35.5. The zero-order valence-corrected chi connectivity index (χ0v) is 11.2. The third-order valence-electron chi connectivity index (χ3n) is 2.61. The standard InChI is InChI=1S/C13H11ClN4O/c1-8-11(7-18(2)17-8)13(19)16-12-5-10(14)4-3-9(12)6-15/h3-5,7H,1-2H3,(H,16,19). The Bertz CT molecular complexity index is 684. The Labute approximate surface area is 115 Å². The summed E-state index contributed by atoms with van der Waals surface area (Å²) in [5.74, 6) is -0.315. The Morgan fingerprint density at radius 1 is 1.53 bits per heavy atom. The van der Waals surface area contributed by atoms with Crippen molar-refractivity contribution < 1.29 is 4.79 Å². The summed E-state index contributed by atoms with van der Waals surface area (Å²) >= 11 is 5.86. The molecule has 19 heavy (non-hydrogen) atoms. The Morgan fingerprint density at radius 3 is 2.84 bits per heavy atom. The number of nitrogens with one attached hydrogen (secondary N) is 1. The second kappa shape index (κ2) is 5.12. The molecule has 6 heteroatoms. The normalized spacial score (nSPS) is 10.0. The van der Waals surface area contributed by atoms with E-state index < -0.39 is 0 Å². The van der Waals surface area contributed by atoms with E-state index in [1.807, 2.05) is 6.07 Å². The highest BCUT2D eigenvalue weighted by Crippen LogP contribution is 2.21. The predicted molar refractivity (Wildman–Crippen MR) is 72.1 cm³/mol. The van der Waals surface area contributed by atoms with Crippen LogP contribution in [0.1, 0.15) is 21.6 Å². The summed E-state index contributed by atoms with van der Waals surface area (Å²) < 4.78 is 1.56. The summed E-state index contributed by atoms with van der Waals surface area (Å²) in [6.45, 7) is 1.75. The van der Waals surface area contributed by atoms with Crippen LogP contribution in [0.3, 0.4) is 0 Å². The highest BCUT2D eigenvalue weighted by Gasteiger charge is 2.14. The number of amides is 1. The number of halogens is 1. The molecule has 1 heterocycles. The molecule has 1 amide bonds. The van der Waals surface area contributed by atoms with E-state index in [1.165, 1.54) is 0 Å². The molecule has 0 fully saturated rings. The van der Waals surface area contributed by atoms with E-state index in [0.29, 0.717) is 27.5 Å². The molecule has 1 aromatic heterocycles. The highest BCUT2D eigenvalue weighted by molar-refractivity contribution is 6.31. The smallest absolute Gasteiger partial charge is 0.259 e. The molecule has 1 N–H and O–H groups in total. The lowest BCUT2D eigenvalue weighted by molar-refractivity contribution is 0.102. The number of hydrogen-bond donors (Lipinski definition) is 1. The molecule has 0 saturated carbocycles. The largest absolute Gasteiger partial charge is 0.321 e. The van der Waals surface area contributed by atoms with Gasteiger partial charge in [-0.1, -0.05) is 11.6 Å². The Kier molecular flexibility index (Phi) is 3.54. The number of anilines is 1. The van der Waals surface area contributed by atoms with Gasteiger partial charge in [0.15, 0.2) is 0 Å². The van der Waals surface area contributed by atoms with E-state index in [2.05, 4.69) is 10.4 Å². The first-order valence-corrected chi connectivity index (χ1v) is 5.90. The van der Waals surface area contributed by atoms with E-state index in [-0.39, 0.29) is 5.91 Å². The van der Waals surface area contributed by atoms with Gasteiger partial charge in [0.2, 0.25) is 0 Å². The van der Waals surface area contributed by atoms with Crippen molar-refractivity contribution in [3.05, 3.63) is 46.2 Å². The zero-order chi connectivity index (χ0) is 14.0. The molecule has 2 aromatic rings. The number of aromatic nitrogens is 2. The number of hydrogen-bond acceptors (Lipinski definition) is 3. The first kappa shape index (κ1) is 13.1. The molecule has 0 aliphatic rings. The molecule has 0 radical (unpaired) electrons. The SMILES string of the molecule is Cc1nn(C)cc1C(=O)Nc1cc(Cl)ccc1C#N. The van der Waals surface area contributed by atoms with Crippen LogP contribution in [-0.2, 0) is 7.05 Å². The summed E-state index contributed by atoms with van der Waals surface area (Å²) in [5.41, 5.74) is 1.84. The molecule has 0 spiro atoms. The van der Waals surface area contributed by atoms with E-state index in [9.17, 15) is 4.79 Å². The number of aryl methyl sites for hydroxylation is 2. The molecular formula is C13H11ClN4O. The molecule has 0 unspecified atom stereocenters. The van der Waals surface area contributed by atoms with Gasteiger partial charge in [0, 0.05) is 18.3 Å². The van der Waals surface area contributed by atoms with Gasteiger partial charge in [-0.15, -0.1) is 0 Å². The Morgan fingerprint density at radius 2 is 2.26 bits per heavy atom. The molecular weight excluding hydrogens is 264 g/mol. The van der Waals surface area contributed by atoms with Gasteiger partial charge in [0.05, 0.1) is 22.5 Å². The molecule has 0 saturated heterocycles. The van der Waals surface area contributed by atoms with Gasteiger partial charge in [0.1, 0.15) is 6.07 Å². The molecule has 0 atom stereocenters. The number of carbonyl (C=O) groups is 1. The third kappa shape index (κ3) is 2.75. The summed E-state index contributed by atoms with van der Waals surface area (Å²) in [5, 5.41) is 16.2. The first-order chi connectivity index (χ1) is 9.01. The summed E-state index contributed by atoms with van der Waals surface area (Å²) in [6, 6.07) is 6.72. The lowest BCUT2D eigenvalue weighted by atomic mass is 10.2. The predicted octanol–water partition coefficient (Wildman–Crippen LogP) is 2.51. The number of rotatable bonds is 2. The molecule has 1 aromatic carbocycles. The maximum Gasteiger partial charge on any atom is 0.259 e. The van der Waals surface area contributed by atoms with Gasteiger partial charge in [-0.05, 0) is 25.1 Å². The minimum Gasteiger partial charge on any atom is -0.321 e. The number of nitriles is 1. The van der Waals surface area contributed by atoms with Gasteiger partial charge < -0.3 is 5.32 Å². The van der Waals surface area contributed by atoms with Gasteiger partial charge in [-0.2, -0.15) is 10.4 Å². The van der Waals surface area contributed by atoms with E-state index in [4.69, 9.17) is 16.9 Å². The number of benzene rings is 1. The van der Waals surface area contributed by atoms with Crippen molar-refractivity contribution in [2.24, 2.45) is 7.05 Å². The van der Waals surface area contributed by atoms with Crippen LogP contribution in [0.15, 0.2) is 24.4 Å². The Hall–Kier alpha value is -2.32. The van der Waals surface area contributed by atoms with Crippen molar-refractivity contribution in [1.82, 2.24) is 9.78 Å². The monoisotopic (exact) mass is 274 g/mol. The topological polar surface area (TPSA) is 70.7 Å². The van der Waals surface area contributed by atoms with Gasteiger partial charge >= 0.3 is 0 Å². The fourth-order valence-electron chi connectivity index (χ4n) is 1.73. The van der Waals surface area contributed by atoms with Crippen LogP contribution in [-0.4, -0.2) is 15.7 Å². The Balaban J connectivity index is 2.32. The minimum atomic E-state index is -0.315. The average molecular weight is 275 g/mol. The van der Waals surface area contributed by atoms with Gasteiger partial charge in [-0.25, -0.2) is 0 Å². The van der Waals surface area contributed by atoms with E-state index >= 15 is 0 Å². The van der Waals surface area contributed by atoms with Crippen molar-refractivity contribution in [1.29, 1.82) is 5.26 Å². The molecule has 0 bridgehead atoms. The van der Waals surface area contributed by atoms with Crippen LogP contribution in [0.25, 0.3) is 0 Å². The van der Waals surface area contributed by atoms with Crippen molar-refractivity contribution in [2.45, 2.75) is 6.92 Å². The van der Waals surface area contributed by atoms with Crippen LogP contribution in [0.4, 0.5) is 5.69 Å². The molecule has 0 aliphatic carbocycles. The second-order valence-corrected chi connectivity index (χ2v) is 4.49. The second-order valence-electron chi connectivity index (χ2n) is 4.06. The number of nitrogens with zero attached hydrogens (tertiary/aromatic N) is 3. The minimum absolute atomic E-state index is 0.315. The summed E-state index contributed by atoms with van der Waals surface area (Å²) in [6.07, 6.45) is 1.63. The molecule has 5 nitrogen and oxygen atoms in total. The maximum absolute atomic E-state index is 12.1. The summed E-state index contributed by atoms with van der Waals surface area (Å²) in [4.78, 5) is 12.1. The third-order valence-corrected chi connectivity index (χ3v) is 2.84. The molecule has 0 aliphatic heterocycles. The zero-order valence-electron chi connectivity index (χ0n) is 10.4. The van der Waals surface area contributed by atoms with Gasteiger partial charge in [0.25, 0.3) is 5.91 Å². The van der Waals surface area contributed by atoms with Crippen molar-refractivity contribution >= 4 is 23.2 Å². The lowest BCUT2D eigenvalue weighted by Gasteiger charge is -2.06. The van der Waals surface area contributed by atoms with Crippen LogP contribution in [0.5, 0.6) is 0 Å². The lowest BCUT2D eigenvalue weighted by Crippen LogP contribution is -2.13. The fourth-order valence-corrected chi connectivity index (χ4v) is 1.90. The van der Waals surface area contributed by atoms with Crippen molar-refractivity contribution in [3.63, 3.8) is 0 Å². The molecule has 96 valence electrons. The van der Waals surface area contributed by atoms with Gasteiger partial charge in [-0.3, -0.25) is 9.48 Å². The van der Waals surface area contributed by atoms with Crippen LogP contribution in [0, 0.1) is 18.3 Å². The van der Waals surface area contributed by atoms with Crippen LogP contribution >= 0.6 is 11.6 Å². The van der Waals surface area contributed by atoms with Crippen molar-refractivity contribution in [2.75, 3.05) is 5.32 Å². The first-order valence-electron chi connectivity index (χ1n) is 5.52. The fraction of sp³-hybridized carbons (Fsp3) is 0.154. The number of carbonyl (C=O) groups excluding carboxylic acids is 1.